The Labute approximate surface area is 116 Å². The first kappa shape index (κ1) is 13.5. The summed E-state index contributed by atoms with van der Waals surface area (Å²) in [6, 6.07) is 4.10. The van der Waals surface area contributed by atoms with Gasteiger partial charge in [-0.3, -0.25) is 4.98 Å². The van der Waals surface area contributed by atoms with Gasteiger partial charge in [0.05, 0.1) is 6.61 Å². The summed E-state index contributed by atoms with van der Waals surface area (Å²) in [5.41, 5.74) is 1.10. The number of halogens is 1. The van der Waals surface area contributed by atoms with E-state index in [0.717, 1.165) is 5.56 Å². The Morgan fingerprint density at radius 1 is 1.21 bits per heavy atom. The van der Waals surface area contributed by atoms with Gasteiger partial charge in [0.15, 0.2) is 0 Å². The molecule has 0 saturated heterocycles. The fourth-order valence-corrected chi connectivity index (χ4v) is 1.67. The number of rotatable bonds is 5. The van der Waals surface area contributed by atoms with Crippen molar-refractivity contribution >= 4 is 17.5 Å². The van der Waals surface area contributed by atoms with Gasteiger partial charge in [0.1, 0.15) is 0 Å². The predicted molar refractivity (Wildman–Crippen MR) is 72.4 cm³/mol. The van der Waals surface area contributed by atoms with Crippen molar-refractivity contribution in [2.24, 2.45) is 0 Å². The van der Waals surface area contributed by atoms with E-state index in [-0.39, 0.29) is 11.3 Å². The lowest BCUT2D eigenvalue weighted by molar-refractivity contribution is 0.311. The fraction of sp³-hybridized carbons (Fsp3) is 0.333. The summed E-state index contributed by atoms with van der Waals surface area (Å²) in [5, 5.41) is 0.120. The molecule has 0 aliphatic rings. The summed E-state index contributed by atoms with van der Waals surface area (Å²) in [6.07, 6.45) is 3.49. The van der Waals surface area contributed by atoms with Gasteiger partial charge in [-0.15, -0.1) is 0 Å². The zero-order valence-corrected chi connectivity index (χ0v) is 11.5. The van der Waals surface area contributed by atoms with Crippen LogP contribution in [-0.4, -0.2) is 33.6 Å². The van der Waals surface area contributed by atoms with Crippen LogP contribution in [-0.2, 0) is 6.54 Å². The molecule has 2 rings (SSSR count). The van der Waals surface area contributed by atoms with Crippen LogP contribution in [0.3, 0.4) is 0 Å². The lowest BCUT2D eigenvalue weighted by atomic mass is 10.2. The topological polar surface area (TPSA) is 64.0 Å². The van der Waals surface area contributed by atoms with Crippen molar-refractivity contribution in [2.45, 2.75) is 13.5 Å². The Morgan fingerprint density at radius 2 is 1.95 bits per heavy atom. The van der Waals surface area contributed by atoms with Crippen molar-refractivity contribution in [1.29, 1.82) is 0 Å². The Balaban J connectivity index is 2.16. The summed E-state index contributed by atoms with van der Waals surface area (Å²) < 4.78 is 5.24. The van der Waals surface area contributed by atoms with Crippen LogP contribution in [0, 0.1) is 0 Å². The number of nitrogens with zero attached hydrogens (tertiary/aromatic N) is 5. The molecule has 0 aliphatic heterocycles. The van der Waals surface area contributed by atoms with Crippen molar-refractivity contribution in [3.05, 3.63) is 35.4 Å². The standard InChI is InChI=1S/C12H14ClN5O/c1-3-19-12-16-10(13)15-11(17-12)18(2)8-9-4-6-14-7-5-9/h4-7H,3,8H2,1-2H3. The van der Waals surface area contributed by atoms with Crippen LogP contribution >= 0.6 is 11.6 Å². The molecule has 19 heavy (non-hydrogen) atoms. The number of pyridine rings is 1. The van der Waals surface area contributed by atoms with E-state index >= 15 is 0 Å². The van der Waals surface area contributed by atoms with Gasteiger partial charge in [-0.1, -0.05) is 0 Å². The van der Waals surface area contributed by atoms with E-state index in [4.69, 9.17) is 16.3 Å². The summed E-state index contributed by atoms with van der Waals surface area (Å²) in [6.45, 7) is 2.99. The average molecular weight is 280 g/mol. The van der Waals surface area contributed by atoms with E-state index in [0.29, 0.717) is 19.1 Å². The predicted octanol–water partition coefficient (Wildman–Crippen LogP) is 1.96. The molecular formula is C12H14ClN5O. The molecule has 0 fully saturated rings. The molecule has 0 amide bonds. The molecule has 0 aromatic carbocycles. The molecule has 0 unspecified atom stereocenters. The van der Waals surface area contributed by atoms with Crippen LogP contribution in [0.4, 0.5) is 5.95 Å². The minimum absolute atomic E-state index is 0.120. The second-order valence-corrected chi connectivity index (χ2v) is 4.17. The van der Waals surface area contributed by atoms with E-state index < -0.39 is 0 Å². The van der Waals surface area contributed by atoms with Crippen molar-refractivity contribution in [3.8, 4) is 6.01 Å². The summed E-state index contributed by atoms with van der Waals surface area (Å²) >= 11 is 5.85. The highest BCUT2D eigenvalue weighted by atomic mass is 35.5. The monoisotopic (exact) mass is 279 g/mol. The van der Waals surface area contributed by atoms with E-state index in [2.05, 4.69) is 19.9 Å². The largest absolute Gasteiger partial charge is 0.464 e. The van der Waals surface area contributed by atoms with Gasteiger partial charge in [-0.05, 0) is 36.2 Å². The van der Waals surface area contributed by atoms with Crippen LogP contribution in [0.2, 0.25) is 5.28 Å². The van der Waals surface area contributed by atoms with Gasteiger partial charge in [-0.2, -0.15) is 15.0 Å². The first-order valence-corrected chi connectivity index (χ1v) is 6.21. The first-order chi connectivity index (χ1) is 9.19. The maximum atomic E-state index is 5.85. The highest BCUT2D eigenvalue weighted by Crippen LogP contribution is 2.15. The first-order valence-electron chi connectivity index (χ1n) is 5.83. The van der Waals surface area contributed by atoms with Crippen molar-refractivity contribution in [1.82, 2.24) is 19.9 Å². The molecule has 0 N–H and O–H groups in total. The molecule has 6 nitrogen and oxygen atoms in total. The lowest BCUT2D eigenvalue weighted by Gasteiger charge is -2.17. The summed E-state index contributed by atoms with van der Waals surface area (Å²) in [4.78, 5) is 18.0. The third kappa shape index (κ3) is 3.75. The van der Waals surface area contributed by atoms with E-state index in [9.17, 15) is 0 Å². The number of hydrogen-bond acceptors (Lipinski definition) is 6. The van der Waals surface area contributed by atoms with Crippen LogP contribution in [0.15, 0.2) is 24.5 Å². The molecule has 0 spiro atoms. The van der Waals surface area contributed by atoms with Gasteiger partial charge in [0.25, 0.3) is 0 Å². The normalized spacial score (nSPS) is 10.3. The molecule has 0 bridgehead atoms. The zero-order valence-electron chi connectivity index (χ0n) is 10.7. The Bertz CT molecular complexity index is 537. The maximum absolute atomic E-state index is 5.85. The van der Waals surface area contributed by atoms with Crippen LogP contribution in [0.25, 0.3) is 0 Å². The zero-order chi connectivity index (χ0) is 13.7. The minimum Gasteiger partial charge on any atom is -0.464 e. The van der Waals surface area contributed by atoms with Crippen molar-refractivity contribution in [3.63, 3.8) is 0 Å². The molecule has 2 heterocycles. The number of aromatic nitrogens is 4. The van der Waals surface area contributed by atoms with E-state index in [1.165, 1.54) is 0 Å². The number of hydrogen-bond donors (Lipinski definition) is 0. The summed E-state index contributed by atoms with van der Waals surface area (Å²) in [5.74, 6) is 0.472. The third-order valence-electron chi connectivity index (χ3n) is 2.36. The third-order valence-corrected chi connectivity index (χ3v) is 2.53. The lowest BCUT2D eigenvalue weighted by Crippen LogP contribution is -2.20. The van der Waals surface area contributed by atoms with Crippen molar-refractivity contribution < 1.29 is 4.74 Å². The molecule has 0 saturated carbocycles. The second kappa shape index (κ2) is 6.29. The molecule has 2 aromatic rings. The molecule has 2 aromatic heterocycles. The van der Waals surface area contributed by atoms with Crippen LogP contribution < -0.4 is 9.64 Å². The second-order valence-electron chi connectivity index (χ2n) is 3.83. The molecule has 0 atom stereocenters. The molecule has 0 radical (unpaired) electrons. The summed E-state index contributed by atoms with van der Waals surface area (Å²) in [7, 11) is 1.88. The maximum Gasteiger partial charge on any atom is 0.322 e. The quantitative estimate of drug-likeness (QED) is 0.834. The smallest absolute Gasteiger partial charge is 0.322 e. The SMILES string of the molecule is CCOc1nc(Cl)nc(N(C)Cc2ccncc2)n1. The van der Waals surface area contributed by atoms with Crippen molar-refractivity contribution in [2.75, 3.05) is 18.6 Å². The van der Waals surface area contributed by atoms with Gasteiger partial charge in [0.2, 0.25) is 11.2 Å². The molecule has 7 heteroatoms. The van der Waals surface area contributed by atoms with Gasteiger partial charge in [0, 0.05) is 26.0 Å². The van der Waals surface area contributed by atoms with Gasteiger partial charge >= 0.3 is 6.01 Å². The molecule has 100 valence electrons. The molecule has 0 aliphatic carbocycles. The van der Waals surface area contributed by atoms with Crippen LogP contribution in [0.1, 0.15) is 12.5 Å². The Morgan fingerprint density at radius 3 is 2.63 bits per heavy atom. The average Bonchev–Trinajstić information content (AvgIpc) is 2.39. The highest BCUT2D eigenvalue weighted by molar-refractivity contribution is 6.28. The van der Waals surface area contributed by atoms with E-state index in [1.54, 1.807) is 12.4 Å². The number of anilines is 1. The Kier molecular flexibility index (Phi) is 4.46. The van der Waals surface area contributed by atoms with Gasteiger partial charge in [-0.25, -0.2) is 0 Å². The number of ether oxygens (including phenoxy) is 1. The minimum atomic E-state index is 0.120. The Hall–Kier alpha value is -1.95. The highest BCUT2D eigenvalue weighted by Gasteiger charge is 2.10. The van der Waals surface area contributed by atoms with E-state index in [1.807, 2.05) is 31.0 Å². The van der Waals surface area contributed by atoms with Crippen LogP contribution in [0.5, 0.6) is 6.01 Å². The van der Waals surface area contributed by atoms with Gasteiger partial charge < -0.3 is 9.64 Å². The fourth-order valence-electron chi connectivity index (χ4n) is 1.52. The molecular weight excluding hydrogens is 266 g/mol.